The van der Waals surface area contributed by atoms with Gasteiger partial charge in [0.2, 0.25) is 0 Å². The molecular weight excluding hydrogens is 817 g/mol. The summed E-state index contributed by atoms with van der Waals surface area (Å²) < 4.78 is 16.7. The Balaban J connectivity index is 4.54. The number of allylic oxidation sites excluding steroid dienone is 16. The molecule has 0 radical (unpaired) electrons. The Kier molecular flexibility index (Phi) is 50.9. The minimum atomic E-state index is -0.821. The summed E-state index contributed by atoms with van der Waals surface area (Å²) in [5.74, 6) is -1.01. The Morgan fingerprint density at radius 2 is 0.621 bits per heavy atom. The maximum atomic E-state index is 12.8. The van der Waals surface area contributed by atoms with Crippen molar-refractivity contribution in [3.63, 3.8) is 0 Å². The monoisotopic (exact) mass is 917 g/mol. The van der Waals surface area contributed by atoms with Crippen LogP contribution in [0.15, 0.2) is 97.2 Å². The van der Waals surface area contributed by atoms with Gasteiger partial charge in [-0.15, -0.1) is 0 Å². The second-order valence-corrected chi connectivity index (χ2v) is 17.8. The molecule has 376 valence electrons. The molecule has 0 saturated carbocycles. The summed E-state index contributed by atoms with van der Waals surface area (Å²) in [5.41, 5.74) is 0. The second-order valence-electron chi connectivity index (χ2n) is 17.8. The molecule has 0 aromatic heterocycles. The SMILES string of the molecule is CCCCC/C=C\C/C=C\C/C=C\C/C=C\CCCC(=O)OC(COC(=O)CCCCC/C=C\CCCCCCCC)COC(=O)CCCCCCC\C=C/C=C\C=C/CCCCCCC. The molecule has 0 fully saturated rings. The molecule has 0 N–H and O–H groups in total. The third-order valence-electron chi connectivity index (χ3n) is 11.3. The van der Waals surface area contributed by atoms with Gasteiger partial charge in [0.05, 0.1) is 0 Å². The van der Waals surface area contributed by atoms with Gasteiger partial charge in [-0.1, -0.05) is 214 Å². The molecule has 0 amide bonds. The van der Waals surface area contributed by atoms with Gasteiger partial charge in [0, 0.05) is 19.3 Å². The van der Waals surface area contributed by atoms with E-state index in [1.165, 1.54) is 96.3 Å². The first-order chi connectivity index (χ1) is 32.5. The van der Waals surface area contributed by atoms with Crippen LogP contribution in [-0.4, -0.2) is 37.2 Å². The van der Waals surface area contributed by atoms with Crippen LogP contribution in [0.5, 0.6) is 0 Å². The first-order valence-electron chi connectivity index (χ1n) is 27.3. The zero-order valence-electron chi connectivity index (χ0n) is 42.9. The van der Waals surface area contributed by atoms with Crippen LogP contribution in [0.2, 0.25) is 0 Å². The topological polar surface area (TPSA) is 78.9 Å². The van der Waals surface area contributed by atoms with Gasteiger partial charge in [-0.25, -0.2) is 0 Å². The molecule has 0 rings (SSSR count). The Morgan fingerprint density at radius 3 is 1.08 bits per heavy atom. The molecule has 0 aliphatic heterocycles. The van der Waals surface area contributed by atoms with Crippen molar-refractivity contribution in [2.24, 2.45) is 0 Å². The molecular formula is C60H100O6. The van der Waals surface area contributed by atoms with Crippen molar-refractivity contribution >= 4 is 17.9 Å². The first kappa shape index (κ1) is 62.3. The number of hydrogen-bond donors (Lipinski definition) is 0. The van der Waals surface area contributed by atoms with Gasteiger partial charge < -0.3 is 14.2 Å². The van der Waals surface area contributed by atoms with E-state index in [2.05, 4.69) is 118 Å². The summed E-state index contributed by atoms with van der Waals surface area (Å²) in [6.07, 6.45) is 71.1. The highest BCUT2D eigenvalue weighted by Gasteiger charge is 2.19. The van der Waals surface area contributed by atoms with Crippen LogP contribution < -0.4 is 0 Å². The fourth-order valence-corrected chi connectivity index (χ4v) is 7.19. The molecule has 1 unspecified atom stereocenters. The summed E-state index contributed by atoms with van der Waals surface area (Å²) in [6.45, 7) is 6.50. The Labute approximate surface area is 407 Å². The highest BCUT2D eigenvalue weighted by Crippen LogP contribution is 2.12. The van der Waals surface area contributed by atoms with Crippen molar-refractivity contribution in [3.05, 3.63) is 97.2 Å². The van der Waals surface area contributed by atoms with Gasteiger partial charge >= 0.3 is 17.9 Å². The van der Waals surface area contributed by atoms with E-state index in [4.69, 9.17) is 14.2 Å². The molecule has 0 aromatic rings. The quantitative estimate of drug-likeness (QED) is 0.0199. The van der Waals surface area contributed by atoms with Crippen molar-refractivity contribution in [3.8, 4) is 0 Å². The lowest BCUT2D eigenvalue weighted by Gasteiger charge is -2.18. The number of carbonyl (C=O) groups excluding carboxylic acids is 3. The van der Waals surface area contributed by atoms with Gasteiger partial charge in [0.25, 0.3) is 0 Å². The molecule has 0 bridgehead atoms. The lowest BCUT2D eigenvalue weighted by molar-refractivity contribution is -0.167. The number of carbonyl (C=O) groups is 3. The normalized spacial score (nSPS) is 12.8. The number of rotatable bonds is 48. The molecule has 66 heavy (non-hydrogen) atoms. The Morgan fingerprint density at radius 1 is 0.318 bits per heavy atom. The average molecular weight is 917 g/mol. The summed E-state index contributed by atoms with van der Waals surface area (Å²) in [6, 6.07) is 0. The molecule has 0 aromatic carbocycles. The molecule has 0 saturated heterocycles. The minimum absolute atomic E-state index is 0.115. The van der Waals surface area contributed by atoms with Crippen LogP contribution in [0.1, 0.15) is 245 Å². The average Bonchev–Trinajstić information content (AvgIpc) is 3.31. The fraction of sp³-hybridized carbons (Fsp3) is 0.683. The van der Waals surface area contributed by atoms with Gasteiger partial charge in [0.15, 0.2) is 6.10 Å². The molecule has 0 spiro atoms. The van der Waals surface area contributed by atoms with Gasteiger partial charge in [-0.3, -0.25) is 14.4 Å². The molecule has 6 heteroatoms. The predicted molar refractivity (Wildman–Crippen MR) is 284 cm³/mol. The molecule has 0 aliphatic carbocycles. The van der Waals surface area contributed by atoms with E-state index in [9.17, 15) is 14.4 Å². The predicted octanol–water partition coefficient (Wildman–Crippen LogP) is 18.1. The third-order valence-corrected chi connectivity index (χ3v) is 11.3. The van der Waals surface area contributed by atoms with Crippen LogP contribution in [0.3, 0.4) is 0 Å². The van der Waals surface area contributed by atoms with E-state index in [0.29, 0.717) is 19.3 Å². The van der Waals surface area contributed by atoms with Crippen molar-refractivity contribution < 1.29 is 28.6 Å². The van der Waals surface area contributed by atoms with Crippen LogP contribution >= 0.6 is 0 Å². The van der Waals surface area contributed by atoms with Gasteiger partial charge in [-0.05, 0) is 109 Å². The standard InChI is InChI=1S/C60H100O6/c1-4-7-10-13-16-19-22-25-27-29-31-32-35-38-41-44-47-50-53-59(62)65-56-57(55-64-58(61)52-49-46-43-40-37-34-24-21-18-15-12-9-6-3)66-60(63)54-51-48-45-42-39-36-33-30-28-26-23-20-17-14-11-8-5-2/h17,20,22,25-29,31-34,36-37,42,45,57H,4-16,18-19,21,23-24,30,35,38-41,43-44,46-56H2,1-3H3/b20-17-,25-22-,28-26-,29-27-,32-31-,36-33-,37-34-,45-42-. The Hall–Kier alpha value is -3.67. The molecule has 6 nitrogen and oxygen atoms in total. The van der Waals surface area contributed by atoms with E-state index >= 15 is 0 Å². The van der Waals surface area contributed by atoms with Crippen molar-refractivity contribution in [1.29, 1.82) is 0 Å². The maximum absolute atomic E-state index is 12.8. The van der Waals surface area contributed by atoms with Crippen LogP contribution in [0.4, 0.5) is 0 Å². The van der Waals surface area contributed by atoms with E-state index < -0.39 is 6.10 Å². The first-order valence-corrected chi connectivity index (χ1v) is 27.3. The molecule has 0 heterocycles. The number of esters is 3. The van der Waals surface area contributed by atoms with Crippen LogP contribution in [-0.2, 0) is 28.6 Å². The molecule has 1 atom stereocenters. The van der Waals surface area contributed by atoms with Crippen molar-refractivity contribution in [1.82, 2.24) is 0 Å². The summed E-state index contributed by atoms with van der Waals surface area (Å²) in [5, 5.41) is 0. The number of hydrogen-bond acceptors (Lipinski definition) is 6. The maximum Gasteiger partial charge on any atom is 0.306 e. The second kappa shape index (κ2) is 53.9. The fourth-order valence-electron chi connectivity index (χ4n) is 7.19. The number of ether oxygens (including phenoxy) is 3. The summed E-state index contributed by atoms with van der Waals surface area (Å²) in [4.78, 5) is 38.0. The van der Waals surface area contributed by atoms with Crippen LogP contribution in [0.25, 0.3) is 0 Å². The minimum Gasteiger partial charge on any atom is -0.462 e. The molecule has 0 aliphatic rings. The smallest absolute Gasteiger partial charge is 0.306 e. The van der Waals surface area contributed by atoms with Gasteiger partial charge in [0.1, 0.15) is 13.2 Å². The summed E-state index contributed by atoms with van der Waals surface area (Å²) in [7, 11) is 0. The highest BCUT2D eigenvalue weighted by molar-refractivity contribution is 5.71. The third kappa shape index (κ3) is 51.3. The van der Waals surface area contributed by atoms with Crippen molar-refractivity contribution in [2.75, 3.05) is 13.2 Å². The van der Waals surface area contributed by atoms with E-state index in [-0.39, 0.29) is 37.5 Å². The zero-order valence-corrected chi connectivity index (χ0v) is 42.9. The van der Waals surface area contributed by atoms with E-state index in [0.717, 1.165) is 103 Å². The Bertz CT molecular complexity index is 1330. The van der Waals surface area contributed by atoms with E-state index in [1.54, 1.807) is 0 Å². The number of unbranched alkanes of at least 4 members (excludes halogenated alkanes) is 23. The lowest BCUT2D eigenvalue weighted by atomic mass is 10.1. The summed E-state index contributed by atoms with van der Waals surface area (Å²) >= 11 is 0. The van der Waals surface area contributed by atoms with Crippen molar-refractivity contribution in [2.45, 2.75) is 252 Å². The largest absolute Gasteiger partial charge is 0.462 e. The van der Waals surface area contributed by atoms with Gasteiger partial charge in [-0.2, -0.15) is 0 Å². The zero-order chi connectivity index (χ0) is 47.9. The lowest BCUT2D eigenvalue weighted by Crippen LogP contribution is -2.30. The van der Waals surface area contributed by atoms with Crippen LogP contribution in [0, 0.1) is 0 Å². The van der Waals surface area contributed by atoms with E-state index in [1.807, 2.05) is 0 Å². The highest BCUT2D eigenvalue weighted by atomic mass is 16.6.